The molecule has 1 aliphatic rings. The molecular weight excluding hydrogens is 250 g/mol. The molecule has 0 radical (unpaired) electrons. The second-order valence-electron chi connectivity index (χ2n) is 4.51. The highest BCUT2D eigenvalue weighted by Crippen LogP contribution is 2.26. The van der Waals surface area contributed by atoms with Crippen LogP contribution in [0.1, 0.15) is 11.7 Å². The van der Waals surface area contributed by atoms with Gasteiger partial charge in [-0.2, -0.15) is 0 Å². The van der Waals surface area contributed by atoms with Gasteiger partial charge in [-0.25, -0.2) is 0 Å². The molecule has 2 N–H and O–H groups in total. The van der Waals surface area contributed by atoms with E-state index in [9.17, 15) is 4.79 Å². The number of fused-ring (bicyclic) bond motifs is 1. The van der Waals surface area contributed by atoms with E-state index in [1.165, 1.54) is 0 Å². The van der Waals surface area contributed by atoms with Gasteiger partial charge >= 0.3 is 0 Å². The van der Waals surface area contributed by atoms with Crippen LogP contribution in [0.4, 0.5) is 0 Å². The number of hydrogen-bond donors (Lipinski definition) is 2. The molecule has 1 aromatic heterocycles. The highest BCUT2D eigenvalue weighted by Gasteiger charge is 2.26. The molecule has 4 nitrogen and oxygen atoms in total. The van der Waals surface area contributed by atoms with Crippen molar-refractivity contribution in [3.63, 3.8) is 0 Å². The van der Waals surface area contributed by atoms with E-state index in [0.29, 0.717) is 11.6 Å². The molecule has 0 spiro atoms. The van der Waals surface area contributed by atoms with Gasteiger partial charge in [-0.05, 0) is 18.2 Å². The number of amides is 1. The molecule has 18 heavy (non-hydrogen) atoms. The first kappa shape index (κ1) is 11.6. The first-order valence-corrected chi connectivity index (χ1v) is 6.30. The lowest BCUT2D eigenvalue weighted by molar-refractivity contribution is -0.124. The van der Waals surface area contributed by atoms with Crippen LogP contribution in [0.25, 0.3) is 10.9 Å². The maximum Gasteiger partial charge on any atom is 0.243 e. The van der Waals surface area contributed by atoms with Crippen LogP contribution in [0, 0.1) is 0 Å². The molecule has 0 bridgehead atoms. The number of benzene rings is 1. The zero-order valence-electron chi connectivity index (χ0n) is 10.0. The number of piperazine rings is 1. The lowest BCUT2D eigenvalue weighted by Gasteiger charge is -2.24. The normalized spacial score (nSPS) is 20.1. The summed E-state index contributed by atoms with van der Waals surface area (Å²) in [5, 5.41) is 7.91. The Hall–Kier alpha value is -1.52. The van der Waals surface area contributed by atoms with Crippen molar-refractivity contribution in [2.45, 2.75) is 6.04 Å². The molecule has 5 heteroatoms. The van der Waals surface area contributed by atoms with Gasteiger partial charge in [0.2, 0.25) is 5.91 Å². The third-order valence-electron chi connectivity index (χ3n) is 3.38. The summed E-state index contributed by atoms with van der Waals surface area (Å²) >= 11 is 6.01. The summed E-state index contributed by atoms with van der Waals surface area (Å²) in [6, 6.07) is 7.51. The number of nitrogens with one attached hydrogen (secondary N) is 2. The van der Waals surface area contributed by atoms with Crippen LogP contribution >= 0.6 is 11.6 Å². The molecule has 94 valence electrons. The van der Waals surface area contributed by atoms with Gasteiger partial charge in [0.1, 0.15) is 6.04 Å². The average molecular weight is 264 g/mol. The summed E-state index contributed by atoms with van der Waals surface area (Å²) in [6.45, 7) is 1.48. The molecule has 1 atom stereocenters. The molecule has 1 aliphatic heterocycles. The molecule has 1 aromatic carbocycles. The minimum Gasteiger partial charge on any atom is -0.353 e. The predicted molar refractivity (Wildman–Crippen MR) is 71.7 cm³/mol. The van der Waals surface area contributed by atoms with Gasteiger partial charge in [-0.3, -0.25) is 10.1 Å². The SMILES string of the molecule is Cn1c(C2NCCNC2=O)cc2ccc(Cl)cc21. The van der Waals surface area contributed by atoms with Crippen molar-refractivity contribution >= 4 is 28.4 Å². The lowest BCUT2D eigenvalue weighted by atomic mass is 10.1. The average Bonchev–Trinajstić information content (AvgIpc) is 2.68. The summed E-state index contributed by atoms with van der Waals surface area (Å²) in [4.78, 5) is 11.9. The molecule has 1 unspecified atom stereocenters. The van der Waals surface area contributed by atoms with Crippen molar-refractivity contribution in [2.24, 2.45) is 7.05 Å². The first-order valence-electron chi connectivity index (χ1n) is 5.93. The van der Waals surface area contributed by atoms with Gasteiger partial charge in [-0.1, -0.05) is 17.7 Å². The number of aryl methyl sites for hydroxylation is 1. The Kier molecular flexibility index (Phi) is 2.76. The molecule has 0 saturated carbocycles. The minimum atomic E-state index is -0.282. The molecule has 2 heterocycles. The quantitative estimate of drug-likeness (QED) is 0.821. The van der Waals surface area contributed by atoms with E-state index in [-0.39, 0.29) is 11.9 Å². The van der Waals surface area contributed by atoms with E-state index in [1.807, 2.05) is 35.9 Å². The number of carbonyl (C=O) groups excluding carboxylic acids is 1. The number of aromatic nitrogens is 1. The van der Waals surface area contributed by atoms with E-state index in [1.54, 1.807) is 0 Å². The summed E-state index contributed by atoms with van der Waals surface area (Å²) < 4.78 is 2.02. The fourth-order valence-corrected chi connectivity index (χ4v) is 2.60. The van der Waals surface area contributed by atoms with Crippen molar-refractivity contribution in [1.29, 1.82) is 0 Å². The van der Waals surface area contributed by atoms with Crippen molar-refractivity contribution in [2.75, 3.05) is 13.1 Å². The third kappa shape index (κ3) is 1.78. The van der Waals surface area contributed by atoms with Crippen molar-refractivity contribution < 1.29 is 4.79 Å². The maximum absolute atomic E-state index is 11.9. The molecule has 2 aromatic rings. The Morgan fingerprint density at radius 1 is 1.33 bits per heavy atom. The zero-order valence-corrected chi connectivity index (χ0v) is 10.8. The van der Waals surface area contributed by atoms with Gasteiger partial charge in [0.15, 0.2) is 0 Å². The van der Waals surface area contributed by atoms with E-state index in [2.05, 4.69) is 10.6 Å². The Morgan fingerprint density at radius 2 is 2.17 bits per heavy atom. The fourth-order valence-electron chi connectivity index (χ4n) is 2.44. The molecule has 1 fully saturated rings. The largest absolute Gasteiger partial charge is 0.353 e. The Labute approximate surface area is 110 Å². The van der Waals surface area contributed by atoms with Crippen LogP contribution in [0.15, 0.2) is 24.3 Å². The molecule has 0 aliphatic carbocycles. The first-order chi connectivity index (χ1) is 8.66. The van der Waals surface area contributed by atoms with Crippen LogP contribution in [-0.4, -0.2) is 23.6 Å². The Morgan fingerprint density at radius 3 is 2.94 bits per heavy atom. The van der Waals surface area contributed by atoms with Gasteiger partial charge < -0.3 is 9.88 Å². The Balaban J connectivity index is 2.11. The number of nitrogens with zero attached hydrogens (tertiary/aromatic N) is 1. The summed E-state index contributed by atoms with van der Waals surface area (Å²) in [6.07, 6.45) is 0. The summed E-state index contributed by atoms with van der Waals surface area (Å²) in [7, 11) is 1.96. The van der Waals surface area contributed by atoms with E-state index in [0.717, 1.165) is 23.1 Å². The van der Waals surface area contributed by atoms with Crippen molar-refractivity contribution in [1.82, 2.24) is 15.2 Å². The molecule has 1 amide bonds. The standard InChI is InChI=1S/C13H14ClN3O/c1-17-10-7-9(14)3-2-8(10)6-11(17)12-13(18)16-5-4-15-12/h2-3,6-7,12,15H,4-5H2,1H3,(H,16,18). The van der Waals surface area contributed by atoms with Crippen LogP contribution < -0.4 is 10.6 Å². The van der Waals surface area contributed by atoms with Crippen LogP contribution in [0.3, 0.4) is 0 Å². The predicted octanol–water partition coefficient (Wildman–Crippen LogP) is 1.59. The lowest BCUT2D eigenvalue weighted by Crippen LogP contribution is -2.47. The highest BCUT2D eigenvalue weighted by atomic mass is 35.5. The van der Waals surface area contributed by atoms with Gasteiger partial charge in [-0.15, -0.1) is 0 Å². The topological polar surface area (TPSA) is 46.1 Å². The number of hydrogen-bond acceptors (Lipinski definition) is 2. The summed E-state index contributed by atoms with van der Waals surface area (Å²) in [5.41, 5.74) is 2.00. The number of halogens is 1. The van der Waals surface area contributed by atoms with Crippen molar-refractivity contribution in [3.8, 4) is 0 Å². The van der Waals surface area contributed by atoms with Crippen LogP contribution in [0.2, 0.25) is 5.02 Å². The van der Waals surface area contributed by atoms with E-state index in [4.69, 9.17) is 11.6 Å². The summed E-state index contributed by atoms with van der Waals surface area (Å²) in [5.74, 6) is 0.0262. The second kappa shape index (κ2) is 4.30. The van der Waals surface area contributed by atoms with Crippen LogP contribution in [0.5, 0.6) is 0 Å². The van der Waals surface area contributed by atoms with Crippen LogP contribution in [-0.2, 0) is 11.8 Å². The monoisotopic (exact) mass is 263 g/mol. The van der Waals surface area contributed by atoms with E-state index < -0.39 is 0 Å². The molecule has 1 saturated heterocycles. The molecule has 3 rings (SSSR count). The smallest absolute Gasteiger partial charge is 0.243 e. The zero-order chi connectivity index (χ0) is 12.7. The van der Waals surface area contributed by atoms with E-state index >= 15 is 0 Å². The fraction of sp³-hybridized carbons (Fsp3) is 0.308. The maximum atomic E-state index is 11.9. The highest BCUT2D eigenvalue weighted by molar-refractivity contribution is 6.31. The third-order valence-corrected chi connectivity index (χ3v) is 3.61. The number of carbonyl (C=O) groups is 1. The second-order valence-corrected chi connectivity index (χ2v) is 4.95. The van der Waals surface area contributed by atoms with Crippen molar-refractivity contribution in [3.05, 3.63) is 35.0 Å². The molecular formula is C13H14ClN3O. The number of rotatable bonds is 1. The minimum absolute atomic E-state index is 0.0262. The van der Waals surface area contributed by atoms with Gasteiger partial charge in [0.25, 0.3) is 0 Å². The Bertz CT molecular complexity index is 620. The van der Waals surface area contributed by atoms with Gasteiger partial charge in [0, 0.05) is 41.8 Å². The van der Waals surface area contributed by atoms with Gasteiger partial charge in [0.05, 0.1) is 0 Å².